The Balaban J connectivity index is 2.11. The van der Waals surface area contributed by atoms with Crippen molar-refractivity contribution in [2.24, 2.45) is 0 Å². The minimum absolute atomic E-state index is 0.231. The first-order valence-electron chi connectivity index (χ1n) is 9.52. The normalized spacial score (nSPS) is 12.5. The second-order valence-corrected chi connectivity index (χ2v) is 9.66. The van der Waals surface area contributed by atoms with E-state index in [4.69, 9.17) is 9.68 Å². The Morgan fingerprint density at radius 2 is 1.81 bits per heavy atom. The van der Waals surface area contributed by atoms with Gasteiger partial charge in [-0.15, -0.1) is 0 Å². The van der Waals surface area contributed by atoms with E-state index in [1.165, 1.54) is 6.26 Å². The number of aliphatic hydroxyl groups is 1. The van der Waals surface area contributed by atoms with Crippen molar-refractivity contribution in [1.82, 2.24) is 4.98 Å². The fourth-order valence-corrected chi connectivity index (χ4v) is 3.64. The lowest BCUT2D eigenvalue weighted by Gasteiger charge is -2.18. The van der Waals surface area contributed by atoms with Gasteiger partial charge in [-0.05, 0) is 61.4 Å². The molecule has 159 valence electrons. The van der Waals surface area contributed by atoms with Crippen molar-refractivity contribution < 1.29 is 23.2 Å². The topological polar surface area (TPSA) is 96.7 Å². The lowest BCUT2D eigenvalue weighted by Crippen LogP contribution is -2.15. The van der Waals surface area contributed by atoms with Crippen LogP contribution in [0.5, 0.6) is 5.75 Å². The highest BCUT2D eigenvalue weighted by molar-refractivity contribution is 7.90. The molecule has 2 N–H and O–H groups in total. The molecule has 31 heavy (non-hydrogen) atoms. The van der Waals surface area contributed by atoms with Gasteiger partial charge in [-0.1, -0.05) is 30.3 Å². The van der Waals surface area contributed by atoms with E-state index in [9.17, 15) is 13.5 Å². The van der Waals surface area contributed by atoms with Gasteiger partial charge in [0.2, 0.25) is 0 Å². The summed E-state index contributed by atoms with van der Waals surface area (Å²) in [6.45, 7) is 3.38. The molecule has 1 radical (unpaired) electrons. The van der Waals surface area contributed by atoms with Crippen LogP contribution >= 0.6 is 0 Å². The van der Waals surface area contributed by atoms with E-state index in [2.05, 4.69) is 4.98 Å². The van der Waals surface area contributed by atoms with E-state index in [-0.39, 0.29) is 4.90 Å². The Morgan fingerprint density at radius 3 is 2.35 bits per heavy atom. The van der Waals surface area contributed by atoms with E-state index in [1.54, 1.807) is 68.6 Å². The standard InChI is InChI=1S/C23H23BNO5S/c1-23(2,26)18-9-12-22(25-15-18)21(14-16-5-4-6-19(13-16)30-24-27)17-7-10-20(11-8-17)31(3,28)29/h4-15,26-27H,1-3H3/b21-14+. The predicted molar refractivity (Wildman–Crippen MR) is 121 cm³/mol. The van der Waals surface area contributed by atoms with Crippen molar-refractivity contribution in [1.29, 1.82) is 0 Å². The van der Waals surface area contributed by atoms with Gasteiger partial charge < -0.3 is 14.8 Å². The van der Waals surface area contributed by atoms with Crippen molar-refractivity contribution in [2.75, 3.05) is 6.26 Å². The zero-order chi connectivity index (χ0) is 22.6. The SMILES string of the molecule is CC(C)(O)c1ccc(/C(=C/c2cccc(O[B]O)c2)c2ccc(S(C)(=O)=O)cc2)nc1. The quantitative estimate of drug-likeness (QED) is 0.436. The fourth-order valence-electron chi connectivity index (χ4n) is 3.01. The number of benzene rings is 2. The molecule has 0 fully saturated rings. The maximum Gasteiger partial charge on any atom is 0.569 e. The molecule has 0 spiro atoms. The summed E-state index contributed by atoms with van der Waals surface area (Å²) in [6.07, 6.45) is 4.68. The third kappa shape index (κ3) is 5.82. The third-order valence-electron chi connectivity index (χ3n) is 4.70. The van der Waals surface area contributed by atoms with Gasteiger partial charge in [0.05, 0.1) is 16.2 Å². The number of rotatable bonds is 7. The molecular weight excluding hydrogens is 413 g/mol. The van der Waals surface area contributed by atoms with Gasteiger partial charge in [0, 0.05) is 23.6 Å². The molecule has 3 rings (SSSR count). The third-order valence-corrected chi connectivity index (χ3v) is 5.83. The molecule has 1 heterocycles. The van der Waals surface area contributed by atoms with E-state index in [0.717, 1.165) is 16.7 Å². The van der Waals surface area contributed by atoms with Crippen molar-refractivity contribution in [3.63, 3.8) is 0 Å². The molecule has 1 aromatic heterocycles. The number of hydrogen-bond acceptors (Lipinski definition) is 6. The lowest BCUT2D eigenvalue weighted by atomic mass is 9.96. The Morgan fingerprint density at radius 1 is 1.10 bits per heavy atom. The van der Waals surface area contributed by atoms with Crippen LogP contribution < -0.4 is 4.65 Å². The summed E-state index contributed by atoms with van der Waals surface area (Å²) >= 11 is 0. The van der Waals surface area contributed by atoms with Crippen LogP contribution in [-0.2, 0) is 15.4 Å². The van der Waals surface area contributed by atoms with Crippen LogP contribution in [0.4, 0.5) is 0 Å². The summed E-state index contributed by atoms with van der Waals surface area (Å²) in [5.74, 6) is 0.466. The van der Waals surface area contributed by atoms with Crippen LogP contribution in [-0.4, -0.2) is 37.5 Å². The van der Waals surface area contributed by atoms with E-state index < -0.39 is 15.4 Å². The van der Waals surface area contributed by atoms with Crippen LogP contribution in [0.15, 0.2) is 71.8 Å². The molecule has 0 aliphatic carbocycles. The van der Waals surface area contributed by atoms with Gasteiger partial charge in [0.1, 0.15) is 5.75 Å². The molecule has 3 aromatic rings. The first-order valence-corrected chi connectivity index (χ1v) is 11.4. The summed E-state index contributed by atoms with van der Waals surface area (Å²) in [6, 6.07) is 17.3. The summed E-state index contributed by atoms with van der Waals surface area (Å²) in [7, 11) is -2.69. The molecule has 0 aliphatic rings. The smallest absolute Gasteiger partial charge is 0.537 e. The first kappa shape index (κ1) is 22.7. The highest BCUT2D eigenvalue weighted by Crippen LogP contribution is 2.28. The Bertz CT molecular complexity index is 1180. The van der Waals surface area contributed by atoms with E-state index >= 15 is 0 Å². The van der Waals surface area contributed by atoms with Gasteiger partial charge >= 0.3 is 7.69 Å². The Kier molecular flexibility index (Phi) is 6.64. The molecule has 0 amide bonds. The van der Waals surface area contributed by atoms with Crippen LogP contribution in [0.25, 0.3) is 11.6 Å². The average Bonchev–Trinajstić information content (AvgIpc) is 2.72. The molecule has 6 nitrogen and oxygen atoms in total. The molecule has 0 unspecified atom stereocenters. The van der Waals surface area contributed by atoms with Crippen LogP contribution in [0.1, 0.15) is 36.2 Å². The molecular formula is C23H23BNO5S. The maximum absolute atomic E-state index is 11.8. The van der Waals surface area contributed by atoms with Crippen LogP contribution in [0.3, 0.4) is 0 Å². The molecule has 0 saturated carbocycles. The largest absolute Gasteiger partial charge is 0.569 e. The van der Waals surface area contributed by atoms with E-state index in [1.807, 2.05) is 18.2 Å². The molecule has 0 atom stereocenters. The van der Waals surface area contributed by atoms with Crippen LogP contribution in [0, 0.1) is 0 Å². The van der Waals surface area contributed by atoms with Gasteiger partial charge in [-0.3, -0.25) is 4.98 Å². The summed E-state index contributed by atoms with van der Waals surface area (Å²) in [5.41, 5.74) is 2.65. The number of hydrogen-bond donors (Lipinski definition) is 2. The van der Waals surface area contributed by atoms with Crippen molar-refractivity contribution >= 4 is 29.2 Å². The van der Waals surface area contributed by atoms with Gasteiger partial charge in [-0.25, -0.2) is 8.42 Å². The maximum atomic E-state index is 11.8. The number of aromatic nitrogens is 1. The highest BCUT2D eigenvalue weighted by atomic mass is 32.2. The number of sulfone groups is 1. The summed E-state index contributed by atoms with van der Waals surface area (Å²) in [4.78, 5) is 4.76. The fraction of sp³-hybridized carbons (Fsp3) is 0.174. The van der Waals surface area contributed by atoms with Crippen LogP contribution in [0.2, 0.25) is 0 Å². The lowest BCUT2D eigenvalue weighted by molar-refractivity contribution is 0.0782. The highest BCUT2D eigenvalue weighted by Gasteiger charge is 2.17. The minimum atomic E-state index is -3.31. The first-order chi connectivity index (χ1) is 14.6. The monoisotopic (exact) mass is 436 g/mol. The number of nitrogens with zero attached hydrogens (tertiary/aromatic N) is 1. The van der Waals surface area contributed by atoms with Crippen molar-refractivity contribution in [2.45, 2.75) is 24.3 Å². The zero-order valence-electron chi connectivity index (χ0n) is 17.5. The molecule has 0 aliphatic heterocycles. The van der Waals surface area contributed by atoms with E-state index in [0.29, 0.717) is 24.7 Å². The Labute approximate surface area is 183 Å². The van der Waals surface area contributed by atoms with Gasteiger partial charge in [-0.2, -0.15) is 0 Å². The van der Waals surface area contributed by atoms with Crippen molar-refractivity contribution in [3.05, 3.63) is 89.2 Å². The van der Waals surface area contributed by atoms with Gasteiger partial charge in [0.15, 0.2) is 9.84 Å². The molecule has 0 bridgehead atoms. The predicted octanol–water partition coefficient (Wildman–Crippen LogP) is 3.21. The van der Waals surface area contributed by atoms with Crippen molar-refractivity contribution in [3.8, 4) is 5.75 Å². The molecule has 0 saturated heterocycles. The summed E-state index contributed by atoms with van der Waals surface area (Å²) < 4.78 is 28.7. The zero-order valence-corrected chi connectivity index (χ0v) is 18.3. The average molecular weight is 436 g/mol. The second kappa shape index (κ2) is 9.05. The molecule has 2 aromatic carbocycles. The van der Waals surface area contributed by atoms with Gasteiger partial charge in [0.25, 0.3) is 0 Å². The summed E-state index contributed by atoms with van der Waals surface area (Å²) in [5, 5.41) is 19.1. The number of pyridine rings is 1. The minimum Gasteiger partial charge on any atom is -0.537 e. The molecule has 8 heteroatoms. The Hall–Kier alpha value is -2.94. The second-order valence-electron chi connectivity index (χ2n) is 7.64.